The first kappa shape index (κ1) is 18.5. The average Bonchev–Trinajstić information content (AvgIpc) is 2.26. The molecule has 0 aromatic rings. The van der Waals surface area contributed by atoms with Crippen LogP contribution in [0, 0.1) is 0 Å². The van der Waals surface area contributed by atoms with Gasteiger partial charge >= 0.3 is 0 Å². The molecule has 0 N–H and O–H groups in total. The quantitative estimate of drug-likeness (QED) is 0.469. The molecule has 20 heavy (non-hydrogen) atoms. The summed E-state index contributed by atoms with van der Waals surface area (Å²) in [4.78, 5) is 0. The van der Waals surface area contributed by atoms with Crippen LogP contribution in [-0.4, -0.2) is 16.1 Å². The molecule has 0 amide bonds. The van der Waals surface area contributed by atoms with Crippen molar-refractivity contribution < 1.29 is 0 Å². The molecular weight excluding hydrogens is 272 g/mol. The lowest BCUT2D eigenvalue weighted by molar-refractivity contribution is 0.457. The van der Waals surface area contributed by atoms with Crippen molar-refractivity contribution in [3.63, 3.8) is 0 Å². The topological polar surface area (TPSA) is 0 Å². The van der Waals surface area contributed by atoms with Crippen LogP contribution in [0.25, 0.3) is 0 Å². The molecule has 0 heterocycles. The van der Waals surface area contributed by atoms with Gasteiger partial charge in [-0.1, -0.05) is 93.4 Å². The first-order valence-corrected chi connectivity index (χ1v) is 14.9. The van der Waals surface area contributed by atoms with Gasteiger partial charge in [0.15, 0.2) is 0 Å². The number of hydrogen-bond donors (Lipinski definition) is 0. The van der Waals surface area contributed by atoms with E-state index >= 15 is 0 Å². The largest absolute Gasteiger partial charge is 0.0688 e. The highest BCUT2D eigenvalue weighted by molar-refractivity contribution is 6.87. The normalized spacial score (nSPS) is 26.7. The van der Waals surface area contributed by atoms with E-state index in [1.165, 1.54) is 25.7 Å². The molecule has 1 aliphatic carbocycles. The summed E-state index contributed by atoms with van der Waals surface area (Å²) in [5.41, 5.74) is 2.11. The van der Waals surface area contributed by atoms with E-state index in [2.05, 4.69) is 67.7 Å². The van der Waals surface area contributed by atoms with E-state index in [1.54, 1.807) is 0 Å². The second-order valence-electron chi connectivity index (χ2n) is 10.4. The van der Waals surface area contributed by atoms with Crippen LogP contribution in [0.3, 0.4) is 0 Å². The first-order chi connectivity index (χ1) is 8.73. The summed E-state index contributed by atoms with van der Waals surface area (Å²) in [5, 5.41) is 1.07. The molecule has 1 aliphatic rings. The van der Waals surface area contributed by atoms with Crippen LogP contribution < -0.4 is 0 Å². The summed E-state index contributed by atoms with van der Waals surface area (Å²) in [6.07, 6.45) is 6.02. The zero-order valence-corrected chi connectivity index (χ0v) is 18.0. The molecule has 1 saturated carbocycles. The van der Waals surface area contributed by atoms with E-state index < -0.39 is 16.1 Å². The van der Waals surface area contributed by atoms with Crippen LogP contribution in [-0.2, 0) is 0 Å². The minimum atomic E-state index is -1.22. The van der Waals surface area contributed by atoms with Crippen LogP contribution >= 0.6 is 0 Å². The van der Waals surface area contributed by atoms with Crippen molar-refractivity contribution in [2.45, 2.75) is 115 Å². The van der Waals surface area contributed by atoms with Gasteiger partial charge in [0.05, 0.1) is 16.1 Å². The summed E-state index contributed by atoms with van der Waals surface area (Å²) >= 11 is 0. The molecular formula is C18H40Si2. The van der Waals surface area contributed by atoms with Crippen LogP contribution in [0.15, 0.2) is 0 Å². The van der Waals surface area contributed by atoms with E-state index in [0.717, 1.165) is 11.1 Å². The zero-order valence-electron chi connectivity index (χ0n) is 16.0. The van der Waals surface area contributed by atoms with Crippen molar-refractivity contribution in [3.05, 3.63) is 0 Å². The summed E-state index contributed by atoms with van der Waals surface area (Å²) in [5.74, 6) is 0. The Hall–Kier alpha value is 0.434. The molecule has 0 aliphatic heterocycles. The molecule has 0 aromatic carbocycles. The van der Waals surface area contributed by atoms with Gasteiger partial charge in [0.25, 0.3) is 0 Å². The molecule has 2 atom stereocenters. The summed E-state index contributed by atoms with van der Waals surface area (Å²) in [7, 11) is -2.44. The Morgan fingerprint density at radius 2 is 0.850 bits per heavy atom. The van der Waals surface area contributed by atoms with Gasteiger partial charge in [-0.2, -0.15) is 0 Å². The van der Waals surface area contributed by atoms with Gasteiger partial charge in [-0.25, -0.2) is 0 Å². The van der Waals surface area contributed by atoms with Gasteiger partial charge in [-0.3, -0.25) is 0 Å². The Morgan fingerprint density at radius 3 is 1.05 bits per heavy atom. The SMILES string of the molecule is CC(C)(C)[Si](C)(C)C1CCCCC1[Si](C)(C)C(C)(C)C. The molecule has 0 nitrogen and oxygen atoms in total. The third kappa shape index (κ3) is 3.26. The highest BCUT2D eigenvalue weighted by Crippen LogP contribution is 2.60. The zero-order chi connectivity index (χ0) is 16.0. The standard InChI is InChI=1S/C18H40Si2/c1-17(2,3)19(7,8)15-13-11-12-14-16(15)20(9,10)18(4,5)6/h15-16H,11-14H2,1-10H3. The molecule has 1 rings (SSSR count). The predicted octanol–water partition coefficient (Wildman–Crippen LogP) is 7.32. The van der Waals surface area contributed by atoms with Crippen molar-refractivity contribution in [2.75, 3.05) is 0 Å². The van der Waals surface area contributed by atoms with E-state index in [9.17, 15) is 0 Å². The number of hydrogen-bond acceptors (Lipinski definition) is 0. The lowest BCUT2D eigenvalue weighted by atomic mass is 9.99. The summed E-state index contributed by atoms with van der Waals surface area (Å²) in [6, 6.07) is 0. The van der Waals surface area contributed by atoms with E-state index in [4.69, 9.17) is 0 Å². The molecule has 2 unspecified atom stereocenters. The highest BCUT2D eigenvalue weighted by Gasteiger charge is 2.52. The van der Waals surface area contributed by atoms with Gasteiger partial charge in [0.2, 0.25) is 0 Å². The Kier molecular flexibility index (Phi) is 5.15. The van der Waals surface area contributed by atoms with E-state index in [0.29, 0.717) is 10.1 Å². The monoisotopic (exact) mass is 312 g/mol. The van der Waals surface area contributed by atoms with Crippen molar-refractivity contribution in [1.29, 1.82) is 0 Å². The maximum atomic E-state index is 2.68. The molecule has 0 bridgehead atoms. The fraction of sp³-hybridized carbons (Fsp3) is 1.00. The van der Waals surface area contributed by atoms with Crippen molar-refractivity contribution in [3.8, 4) is 0 Å². The molecule has 1 fully saturated rings. The van der Waals surface area contributed by atoms with Crippen LogP contribution in [0.1, 0.15) is 67.2 Å². The molecule has 0 spiro atoms. The number of rotatable bonds is 2. The van der Waals surface area contributed by atoms with Crippen LogP contribution in [0.5, 0.6) is 0 Å². The Balaban J connectivity index is 3.17. The maximum Gasteiger partial charge on any atom is 0.0558 e. The summed E-state index contributed by atoms with van der Waals surface area (Å²) in [6.45, 7) is 25.8. The van der Waals surface area contributed by atoms with Gasteiger partial charge < -0.3 is 0 Å². The van der Waals surface area contributed by atoms with Crippen molar-refractivity contribution in [1.82, 2.24) is 0 Å². The molecule has 120 valence electrons. The Bertz CT molecular complexity index is 294. The van der Waals surface area contributed by atoms with Crippen LogP contribution in [0.2, 0.25) is 47.3 Å². The average molecular weight is 313 g/mol. The minimum absolute atomic E-state index is 0.537. The lowest BCUT2D eigenvalue weighted by Crippen LogP contribution is -2.52. The van der Waals surface area contributed by atoms with Gasteiger partial charge in [-0.05, 0) is 21.2 Å². The summed E-state index contributed by atoms with van der Waals surface area (Å²) < 4.78 is 0. The minimum Gasteiger partial charge on any atom is -0.0688 e. The molecule has 0 radical (unpaired) electrons. The van der Waals surface area contributed by atoms with E-state index in [1.807, 2.05) is 0 Å². The van der Waals surface area contributed by atoms with Crippen LogP contribution in [0.4, 0.5) is 0 Å². The molecule has 0 aromatic heterocycles. The van der Waals surface area contributed by atoms with Gasteiger partial charge in [0, 0.05) is 0 Å². The molecule has 0 saturated heterocycles. The molecule has 2 heteroatoms. The lowest BCUT2D eigenvalue weighted by Gasteiger charge is -2.55. The Labute approximate surface area is 131 Å². The third-order valence-electron chi connectivity index (χ3n) is 7.49. The fourth-order valence-electron chi connectivity index (χ4n) is 3.97. The second kappa shape index (κ2) is 5.57. The Morgan fingerprint density at radius 1 is 0.600 bits per heavy atom. The third-order valence-corrected chi connectivity index (χ3v) is 20.6. The maximum absolute atomic E-state index is 2.68. The highest BCUT2D eigenvalue weighted by atomic mass is 28.3. The second-order valence-corrected chi connectivity index (χ2v) is 21.8. The van der Waals surface area contributed by atoms with E-state index in [-0.39, 0.29) is 0 Å². The van der Waals surface area contributed by atoms with Crippen molar-refractivity contribution >= 4 is 16.1 Å². The van der Waals surface area contributed by atoms with Gasteiger partial charge in [-0.15, -0.1) is 0 Å². The predicted molar refractivity (Wildman–Crippen MR) is 100 cm³/mol. The van der Waals surface area contributed by atoms with Gasteiger partial charge in [0.1, 0.15) is 0 Å². The smallest absolute Gasteiger partial charge is 0.0558 e. The van der Waals surface area contributed by atoms with Crippen molar-refractivity contribution in [2.24, 2.45) is 0 Å². The fourth-order valence-corrected chi connectivity index (χ4v) is 12.9. The first-order valence-electron chi connectivity index (χ1n) is 8.73.